The standard InChI is InChI=1S/C19H21BrFN5O2/c1-11-14(8-12-4-5-13(20)9-16(12)21)15(10-26(3)18(11)27)17-24-25-19(28-17)23-7-6-22-2/h4-5,9-10,22H,6-8H2,1-3H3,(H,23,25). The van der Waals surface area contributed by atoms with Gasteiger partial charge in [0, 0.05) is 42.8 Å². The molecule has 0 aliphatic carbocycles. The Morgan fingerprint density at radius 2 is 2.07 bits per heavy atom. The van der Waals surface area contributed by atoms with Gasteiger partial charge in [0.15, 0.2) is 0 Å². The maximum Gasteiger partial charge on any atom is 0.315 e. The Hall–Kier alpha value is -2.52. The zero-order valence-corrected chi connectivity index (χ0v) is 17.4. The van der Waals surface area contributed by atoms with E-state index in [4.69, 9.17) is 4.42 Å². The van der Waals surface area contributed by atoms with E-state index in [9.17, 15) is 9.18 Å². The maximum absolute atomic E-state index is 14.4. The molecule has 2 aromatic heterocycles. The summed E-state index contributed by atoms with van der Waals surface area (Å²) >= 11 is 3.26. The number of halogens is 2. The van der Waals surface area contributed by atoms with Crippen LogP contribution >= 0.6 is 15.9 Å². The summed E-state index contributed by atoms with van der Waals surface area (Å²) in [7, 11) is 3.51. The number of nitrogens with zero attached hydrogens (tertiary/aromatic N) is 3. The normalized spacial score (nSPS) is 11.0. The summed E-state index contributed by atoms with van der Waals surface area (Å²) in [6.07, 6.45) is 1.88. The number of hydrogen-bond donors (Lipinski definition) is 2. The van der Waals surface area contributed by atoms with E-state index < -0.39 is 0 Å². The maximum atomic E-state index is 14.4. The first-order valence-electron chi connectivity index (χ1n) is 8.76. The van der Waals surface area contributed by atoms with Gasteiger partial charge in [-0.25, -0.2) is 4.39 Å². The van der Waals surface area contributed by atoms with E-state index in [0.29, 0.717) is 33.3 Å². The van der Waals surface area contributed by atoms with Crippen LogP contribution in [0.3, 0.4) is 0 Å². The summed E-state index contributed by atoms with van der Waals surface area (Å²) in [4.78, 5) is 12.5. The van der Waals surface area contributed by atoms with Gasteiger partial charge in [0.2, 0.25) is 0 Å². The fourth-order valence-corrected chi connectivity index (χ4v) is 3.22. The summed E-state index contributed by atoms with van der Waals surface area (Å²) in [5.74, 6) is -0.0708. The summed E-state index contributed by atoms with van der Waals surface area (Å²) in [5, 5.41) is 14.1. The molecule has 0 bridgehead atoms. The summed E-state index contributed by atoms with van der Waals surface area (Å²) in [5.41, 5.74) is 2.12. The Labute approximate surface area is 170 Å². The third-order valence-corrected chi connectivity index (χ3v) is 4.92. The predicted octanol–water partition coefficient (Wildman–Crippen LogP) is 2.87. The number of aryl methyl sites for hydroxylation is 1. The summed E-state index contributed by atoms with van der Waals surface area (Å²) < 4.78 is 22.2. The van der Waals surface area contributed by atoms with Gasteiger partial charge in [0.05, 0.1) is 5.56 Å². The van der Waals surface area contributed by atoms with Crippen LogP contribution in [0.4, 0.5) is 10.4 Å². The largest absolute Gasteiger partial charge is 0.403 e. The van der Waals surface area contributed by atoms with Crippen LogP contribution in [-0.2, 0) is 13.5 Å². The zero-order chi connectivity index (χ0) is 20.3. The average Bonchev–Trinajstić information content (AvgIpc) is 3.12. The van der Waals surface area contributed by atoms with E-state index in [1.165, 1.54) is 10.6 Å². The molecule has 3 aromatic rings. The molecule has 0 saturated carbocycles. The van der Waals surface area contributed by atoms with Crippen molar-refractivity contribution < 1.29 is 8.81 Å². The SMILES string of the molecule is CNCCNc1nnc(-c2cn(C)c(=O)c(C)c2Cc2ccc(Br)cc2F)o1. The summed E-state index contributed by atoms with van der Waals surface area (Å²) in [6.45, 7) is 3.09. The van der Waals surface area contributed by atoms with Crippen molar-refractivity contribution in [3.05, 3.63) is 61.7 Å². The van der Waals surface area contributed by atoms with Crippen molar-refractivity contribution >= 4 is 21.9 Å². The molecule has 7 nitrogen and oxygen atoms in total. The van der Waals surface area contributed by atoms with Crippen LogP contribution in [0.25, 0.3) is 11.5 Å². The molecule has 2 N–H and O–H groups in total. The van der Waals surface area contributed by atoms with Gasteiger partial charge >= 0.3 is 6.01 Å². The molecular formula is C19H21BrFN5O2. The Morgan fingerprint density at radius 1 is 1.29 bits per heavy atom. The van der Waals surface area contributed by atoms with Crippen LogP contribution < -0.4 is 16.2 Å². The quantitative estimate of drug-likeness (QED) is 0.539. The van der Waals surface area contributed by atoms with Crippen LogP contribution in [0.1, 0.15) is 16.7 Å². The highest BCUT2D eigenvalue weighted by molar-refractivity contribution is 9.10. The number of anilines is 1. The first-order valence-corrected chi connectivity index (χ1v) is 9.55. The monoisotopic (exact) mass is 449 g/mol. The van der Waals surface area contributed by atoms with E-state index in [-0.39, 0.29) is 29.7 Å². The molecule has 0 amide bonds. The second-order valence-electron chi connectivity index (χ2n) is 6.42. The van der Waals surface area contributed by atoms with E-state index in [1.54, 1.807) is 32.3 Å². The molecule has 0 aliphatic rings. The molecule has 0 radical (unpaired) electrons. The molecule has 0 saturated heterocycles. The van der Waals surface area contributed by atoms with E-state index in [2.05, 4.69) is 36.8 Å². The van der Waals surface area contributed by atoms with Crippen molar-refractivity contribution in [3.63, 3.8) is 0 Å². The number of hydrogen-bond acceptors (Lipinski definition) is 6. The smallest absolute Gasteiger partial charge is 0.315 e. The van der Waals surface area contributed by atoms with Crippen molar-refractivity contribution in [2.75, 3.05) is 25.5 Å². The molecule has 1 aromatic carbocycles. The van der Waals surface area contributed by atoms with Crippen LogP contribution in [0.15, 0.2) is 38.1 Å². The minimum absolute atomic E-state index is 0.150. The van der Waals surface area contributed by atoms with Gasteiger partial charge in [-0.2, -0.15) is 0 Å². The second-order valence-corrected chi connectivity index (χ2v) is 7.33. The molecule has 0 spiro atoms. The Morgan fingerprint density at radius 3 is 2.79 bits per heavy atom. The van der Waals surface area contributed by atoms with E-state index in [0.717, 1.165) is 6.54 Å². The molecule has 2 heterocycles. The Bertz CT molecular complexity index is 1050. The third kappa shape index (κ3) is 4.31. The highest BCUT2D eigenvalue weighted by Gasteiger charge is 2.19. The molecule has 28 heavy (non-hydrogen) atoms. The summed E-state index contributed by atoms with van der Waals surface area (Å²) in [6, 6.07) is 5.16. The third-order valence-electron chi connectivity index (χ3n) is 4.43. The van der Waals surface area contributed by atoms with Crippen molar-refractivity contribution in [2.24, 2.45) is 7.05 Å². The molecule has 0 aliphatic heterocycles. The Balaban J connectivity index is 2.02. The van der Waals surface area contributed by atoms with Gasteiger partial charge in [-0.05, 0) is 37.2 Å². The first kappa shape index (κ1) is 20.2. The lowest BCUT2D eigenvalue weighted by Gasteiger charge is -2.13. The number of nitrogens with one attached hydrogen (secondary N) is 2. The van der Waals surface area contributed by atoms with E-state index in [1.807, 2.05) is 7.05 Å². The number of benzene rings is 1. The number of likely N-dealkylation sites (N-methyl/N-ethyl adjacent to an activating group) is 1. The predicted molar refractivity (Wildman–Crippen MR) is 109 cm³/mol. The minimum atomic E-state index is -0.347. The van der Waals surface area contributed by atoms with Crippen LogP contribution in [0.2, 0.25) is 0 Å². The first-order chi connectivity index (χ1) is 13.4. The number of aromatic nitrogens is 3. The van der Waals surface area contributed by atoms with Gasteiger partial charge in [-0.1, -0.05) is 27.1 Å². The highest BCUT2D eigenvalue weighted by atomic mass is 79.9. The molecule has 3 rings (SSSR count). The second kappa shape index (κ2) is 8.66. The van der Waals surface area contributed by atoms with Gasteiger partial charge in [-0.15, -0.1) is 5.10 Å². The minimum Gasteiger partial charge on any atom is -0.403 e. The van der Waals surface area contributed by atoms with Crippen molar-refractivity contribution in [1.29, 1.82) is 0 Å². The van der Waals surface area contributed by atoms with Crippen LogP contribution in [0.5, 0.6) is 0 Å². The fourth-order valence-electron chi connectivity index (χ4n) is 2.89. The van der Waals surface area contributed by atoms with E-state index >= 15 is 0 Å². The van der Waals surface area contributed by atoms with Gasteiger partial charge in [-0.3, -0.25) is 4.79 Å². The van der Waals surface area contributed by atoms with Crippen molar-refractivity contribution in [2.45, 2.75) is 13.3 Å². The average molecular weight is 450 g/mol. The van der Waals surface area contributed by atoms with Gasteiger partial charge in [0.25, 0.3) is 11.4 Å². The molecule has 9 heteroatoms. The molecular weight excluding hydrogens is 429 g/mol. The number of pyridine rings is 1. The van der Waals surface area contributed by atoms with Crippen LogP contribution in [-0.4, -0.2) is 34.9 Å². The molecule has 0 unspecified atom stereocenters. The van der Waals surface area contributed by atoms with Crippen LogP contribution in [0, 0.1) is 12.7 Å². The lowest BCUT2D eigenvalue weighted by molar-refractivity contribution is 0.577. The lowest BCUT2D eigenvalue weighted by atomic mass is 9.97. The Kier molecular flexibility index (Phi) is 6.25. The molecule has 0 fully saturated rings. The highest BCUT2D eigenvalue weighted by Crippen LogP contribution is 2.28. The van der Waals surface area contributed by atoms with Crippen molar-refractivity contribution in [1.82, 2.24) is 20.1 Å². The lowest BCUT2D eigenvalue weighted by Crippen LogP contribution is -2.21. The molecule has 148 valence electrons. The van der Waals surface area contributed by atoms with Crippen molar-refractivity contribution in [3.8, 4) is 11.5 Å². The molecule has 0 atom stereocenters. The zero-order valence-electron chi connectivity index (χ0n) is 15.8. The topological polar surface area (TPSA) is 85.0 Å². The fraction of sp³-hybridized carbons (Fsp3) is 0.316. The van der Waals surface area contributed by atoms with Gasteiger partial charge < -0.3 is 19.6 Å². The number of rotatable bonds is 7. The van der Waals surface area contributed by atoms with Gasteiger partial charge in [0.1, 0.15) is 5.82 Å².